The maximum atomic E-state index is 11.3. The summed E-state index contributed by atoms with van der Waals surface area (Å²) in [6, 6.07) is 7.90. The molecule has 7 heteroatoms. The molecule has 0 fully saturated rings. The number of sulfonamides is 1. The van der Waals surface area contributed by atoms with Gasteiger partial charge in [0.2, 0.25) is 10.0 Å². The summed E-state index contributed by atoms with van der Waals surface area (Å²) in [5, 5.41) is 6.18. The van der Waals surface area contributed by atoms with E-state index in [-0.39, 0.29) is 11.8 Å². The largest absolute Gasteiger partial charge is 0.325 e. The summed E-state index contributed by atoms with van der Waals surface area (Å²) < 4.78 is 24.7. The smallest absolute Gasteiger partial charge is 0.209 e. The Bertz CT molecular complexity index is 963. The van der Waals surface area contributed by atoms with Crippen LogP contribution in [0.4, 0.5) is 0 Å². The lowest BCUT2D eigenvalue weighted by molar-refractivity contribution is 0.518. The summed E-state index contributed by atoms with van der Waals surface area (Å²) in [7, 11) is -3.47. The highest BCUT2D eigenvalue weighted by Gasteiger charge is 2.18. The molecule has 0 saturated carbocycles. The number of benzene rings is 1. The third kappa shape index (κ3) is 3.07. The van der Waals surface area contributed by atoms with Gasteiger partial charge < -0.3 is 4.57 Å². The number of aromatic nitrogens is 3. The fourth-order valence-electron chi connectivity index (χ4n) is 2.96. The molecule has 3 aromatic rings. The molecule has 6 nitrogen and oxygen atoms in total. The average Bonchev–Trinajstić information content (AvgIpc) is 2.91. The standard InChI is InChI=1S/C16H20N4O2S/c1-3-15-19-14-10-18-13-7-5-4-6-12(13)16(14)20(15)11(2)8-9-23(17,21)22/h4-7,10-11H,3,8-9H2,1-2H3,(H2,17,21,22). The lowest BCUT2D eigenvalue weighted by atomic mass is 10.1. The van der Waals surface area contributed by atoms with Gasteiger partial charge in [-0.25, -0.2) is 18.5 Å². The lowest BCUT2D eigenvalue weighted by Crippen LogP contribution is -2.20. The predicted molar refractivity (Wildman–Crippen MR) is 91.7 cm³/mol. The fraction of sp³-hybridized carbons (Fsp3) is 0.375. The summed E-state index contributed by atoms with van der Waals surface area (Å²) in [6.45, 7) is 4.04. The van der Waals surface area contributed by atoms with Crippen molar-refractivity contribution in [3.8, 4) is 0 Å². The molecule has 0 aliphatic rings. The number of aryl methyl sites for hydroxylation is 1. The maximum Gasteiger partial charge on any atom is 0.209 e. The number of rotatable bonds is 5. The molecule has 122 valence electrons. The van der Waals surface area contributed by atoms with Crippen molar-refractivity contribution in [2.24, 2.45) is 5.14 Å². The van der Waals surface area contributed by atoms with Crippen LogP contribution < -0.4 is 5.14 Å². The van der Waals surface area contributed by atoms with E-state index in [0.717, 1.165) is 34.2 Å². The van der Waals surface area contributed by atoms with Crippen LogP contribution >= 0.6 is 0 Å². The van der Waals surface area contributed by atoms with Crippen LogP contribution in [0.3, 0.4) is 0 Å². The number of nitrogens with zero attached hydrogens (tertiary/aromatic N) is 3. The Labute approximate surface area is 135 Å². The van der Waals surface area contributed by atoms with Gasteiger partial charge in [-0.3, -0.25) is 4.98 Å². The first-order valence-electron chi connectivity index (χ1n) is 7.65. The summed E-state index contributed by atoms with van der Waals surface area (Å²) in [5.41, 5.74) is 2.75. The molecule has 0 amide bonds. The van der Waals surface area contributed by atoms with E-state index in [4.69, 9.17) is 5.14 Å². The molecule has 3 rings (SSSR count). The van der Waals surface area contributed by atoms with E-state index in [1.165, 1.54) is 0 Å². The van der Waals surface area contributed by atoms with Gasteiger partial charge in [-0.15, -0.1) is 0 Å². The number of primary sulfonamides is 1. The Morgan fingerprint density at radius 2 is 2.00 bits per heavy atom. The highest BCUT2D eigenvalue weighted by molar-refractivity contribution is 7.89. The Balaban J connectivity index is 2.19. The zero-order valence-corrected chi connectivity index (χ0v) is 14.0. The molecule has 2 aromatic heterocycles. The van der Waals surface area contributed by atoms with Gasteiger partial charge in [0.15, 0.2) is 0 Å². The van der Waals surface area contributed by atoms with E-state index < -0.39 is 10.0 Å². The van der Waals surface area contributed by atoms with Gasteiger partial charge in [0.25, 0.3) is 0 Å². The van der Waals surface area contributed by atoms with E-state index in [1.807, 2.05) is 38.1 Å². The number of nitrogens with two attached hydrogens (primary N) is 1. The SMILES string of the molecule is CCc1nc2cnc3ccccc3c2n1C(C)CCS(N)(=O)=O. The number of hydrogen-bond acceptors (Lipinski definition) is 4. The molecule has 2 N–H and O–H groups in total. The highest BCUT2D eigenvalue weighted by Crippen LogP contribution is 2.29. The molecular formula is C16H20N4O2S. The van der Waals surface area contributed by atoms with Crippen LogP contribution in [-0.4, -0.2) is 28.7 Å². The van der Waals surface area contributed by atoms with Crippen LogP contribution in [-0.2, 0) is 16.4 Å². The zero-order valence-electron chi connectivity index (χ0n) is 13.2. The second-order valence-corrected chi connectivity index (χ2v) is 7.50. The van der Waals surface area contributed by atoms with Gasteiger partial charge in [0.1, 0.15) is 11.3 Å². The van der Waals surface area contributed by atoms with Crippen molar-refractivity contribution >= 4 is 32.0 Å². The topological polar surface area (TPSA) is 90.9 Å². The van der Waals surface area contributed by atoms with Crippen molar-refractivity contribution in [2.45, 2.75) is 32.7 Å². The van der Waals surface area contributed by atoms with Crippen molar-refractivity contribution in [1.29, 1.82) is 0 Å². The van der Waals surface area contributed by atoms with Gasteiger partial charge >= 0.3 is 0 Å². The summed E-state index contributed by atoms with van der Waals surface area (Å²) in [5.74, 6) is 0.889. The molecule has 2 heterocycles. The highest BCUT2D eigenvalue weighted by atomic mass is 32.2. The van der Waals surface area contributed by atoms with E-state index in [1.54, 1.807) is 6.20 Å². The molecule has 0 aliphatic heterocycles. The molecule has 0 aliphatic carbocycles. The molecule has 23 heavy (non-hydrogen) atoms. The fourth-order valence-corrected chi connectivity index (χ4v) is 3.63. The van der Waals surface area contributed by atoms with Crippen LogP contribution in [0.5, 0.6) is 0 Å². The monoisotopic (exact) mass is 332 g/mol. The zero-order chi connectivity index (χ0) is 16.6. The van der Waals surface area contributed by atoms with Crippen molar-refractivity contribution in [2.75, 3.05) is 5.75 Å². The van der Waals surface area contributed by atoms with Gasteiger partial charge in [-0.05, 0) is 19.4 Å². The van der Waals surface area contributed by atoms with Crippen LogP contribution in [0.1, 0.15) is 32.1 Å². The van der Waals surface area contributed by atoms with Crippen molar-refractivity contribution < 1.29 is 8.42 Å². The van der Waals surface area contributed by atoms with E-state index in [9.17, 15) is 8.42 Å². The van der Waals surface area contributed by atoms with Crippen LogP contribution in [0.2, 0.25) is 0 Å². The minimum atomic E-state index is -3.47. The van der Waals surface area contributed by atoms with Gasteiger partial charge in [-0.2, -0.15) is 0 Å². The second-order valence-electron chi connectivity index (χ2n) is 5.77. The lowest BCUT2D eigenvalue weighted by Gasteiger charge is -2.17. The number of fused-ring (bicyclic) bond motifs is 3. The Morgan fingerprint density at radius 1 is 1.26 bits per heavy atom. The molecule has 0 spiro atoms. The van der Waals surface area contributed by atoms with Crippen LogP contribution in [0.25, 0.3) is 21.9 Å². The molecule has 1 aromatic carbocycles. The molecule has 0 radical (unpaired) electrons. The minimum Gasteiger partial charge on any atom is -0.325 e. The summed E-state index contributed by atoms with van der Waals surface area (Å²) in [4.78, 5) is 9.12. The molecule has 1 unspecified atom stereocenters. The summed E-state index contributed by atoms with van der Waals surface area (Å²) >= 11 is 0. The third-order valence-corrected chi connectivity index (χ3v) is 4.88. The first-order valence-corrected chi connectivity index (χ1v) is 9.37. The van der Waals surface area contributed by atoms with Crippen LogP contribution in [0.15, 0.2) is 30.5 Å². The number of para-hydroxylation sites is 1. The Kier molecular flexibility index (Phi) is 4.08. The number of pyridine rings is 1. The normalized spacial score (nSPS) is 13.7. The van der Waals surface area contributed by atoms with Gasteiger partial charge in [-0.1, -0.05) is 25.1 Å². The maximum absolute atomic E-state index is 11.3. The minimum absolute atomic E-state index is 0.0147. The molecular weight excluding hydrogens is 312 g/mol. The number of hydrogen-bond donors (Lipinski definition) is 1. The second kappa shape index (κ2) is 5.90. The van der Waals surface area contributed by atoms with E-state index >= 15 is 0 Å². The average molecular weight is 332 g/mol. The molecule has 1 atom stereocenters. The Morgan fingerprint density at radius 3 is 2.70 bits per heavy atom. The van der Waals surface area contributed by atoms with E-state index in [0.29, 0.717) is 6.42 Å². The summed E-state index contributed by atoms with van der Waals surface area (Å²) in [6.07, 6.45) is 3.00. The van der Waals surface area contributed by atoms with Crippen LogP contribution in [0, 0.1) is 0 Å². The van der Waals surface area contributed by atoms with Gasteiger partial charge in [0, 0.05) is 17.8 Å². The molecule has 0 bridgehead atoms. The van der Waals surface area contributed by atoms with Crippen molar-refractivity contribution in [3.63, 3.8) is 0 Å². The predicted octanol–water partition coefficient (Wildman–Crippen LogP) is 2.39. The van der Waals surface area contributed by atoms with E-state index in [2.05, 4.69) is 14.5 Å². The quantitative estimate of drug-likeness (QED) is 0.776. The Hall–Kier alpha value is -1.99. The van der Waals surface area contributed by atoms with Gasteiger partial charge in [0.05, 0.1) is 23.0 Å². The molecule has 0 saturated heterocycles. The number of imidazole rings is 1. The van der Waals surface area contributed by atoms with Crippen molar-refractivity contribution in [3.05, 3.63) is 36.3 Å². The van der Waals surface area contributed by atoms with Crippen molar-refractivity contribution in [1.82, 2.24) is 14.5 Å². The first-order chi connectivity index (χ1) is 10.9. The third-order valence-electron chi connectivity index (χ3n) is 4.07. The first kappa shape index (κ1) is 15.9.